The number of hydrogen-bond acceptors (Lipinski definition) is 3. The van der Waals surface area contributed by atoms with Crippen LogP contribution in [-0.4, -0.2) is 22.2 Å². The monoisotopic (exact) mass is 488 g/mol. The number of hydrogen-bond donors (Lipinski definition) is 2. The van der Waals surface area contributed by atoms with Gasteiger partial charge in [0.15, 0.2) is 10.9 Å². The van der Waals surface area contributed by atoms with Crippen molar-refractivity contribution >= 4 is 40.3 Å². The molecule has 0 spiro atoms. The highest BCUT2D eigenvalue weighted by Crippen LogP contribution is 2.30. The molecule has 1 unspecified atom stereocenters. The van der Waals surface area contributed by atoms with E-state index in [-0.39, 0.29) is 11.5 Å². The van der Waals surface area contributed by atoms with E-state index in [0.717, 1.165) is 14.8 Å². The predicted octanol–water partition coefficient (Wildman–Crippen LogP) is 5.14. The smallest absolute Gasteiger partial charge is 0.404 e. The molecule has 0 saturated heterocycles. The first-order valence-electron chi connectivity index (χ1n) is 8.18. The average molecular weight is 489 g/mol. The Kier molecular flexibility index (Phi) is 7.11. The van der Waals surface area contributed by atoms with Gasteiger partial charge in [0.2, 0.25) is 0 Å². The van der Waals surface area contributed by atoms with Gasteiger partial charge in [-0.1, -0.05) is 62.7 Å². The number of halogens is 2. The zero-order valence-corrected chi connectivity index (χ0v) is 17.8. The summed E-state index contributed by atoms with van der Waals surface area (Å²) in [7, 11) is 0. The van der Waals surface area contributed by atoms with Crippen LogP contribution in [0.25, 0.3) is 0 Å². The Morgan fingerprint density at radius 1 is 1.35 bits per heavy atom. The molecular weight excluding hydrogens is 467 g/mol. The number of carboxylic acid groups (broad SMARTS) is 1. The molecule has 5 nitrogen and oxygen atoms in total. The molecule has 1 heterocycles. The second-order valence-corrected chi connectivity index (χ2v) is 8.45. The van der Waals surface area contributed by atoms with Crippen LogP contribution in [0.1, 0.15) is 31.9 Å². The van der Waals surface area contributed by atoms with Gasteiger partial charge in [-0.2, -0.15) is 0 Å². The Labute approximate surface area is 172 Å². The highest BCUT2D eigenvalue weighted by molar-refractivity contribution is 14.1. The molecule has 140 valence electrons. The van der Waals surface area contributed by atoms with E-state index >= 15 is 0 Å². The Balaban J connectivity index is 2.21. The topological polar surface area (TPSA) is 71.5 Å². The molecule has 2 rings (SSSR count). The number of pyridine rings is 1. The quantitative estimate of drug-likeness (QED) is 0.436. The number of amides is 1. The first-order chi connectivity index (χ1) is 12.2. The second-order valence-electron chi connectivity index (χ2n) is 7.07. The maximum atomic E-state index is 11.1. The summed E-state index contributed by atoms with van der Waals surface area (Å²) in [6.45, 7) is 6.38. The van der Waals surface area contributed by atoms with Crippen molar-refractivity contribution in [2.75, 3.05) is 0 Å². The zero-order valence-electron chi connectivity index (χ0n) is 14.9. The molecule has 1 atom stereocenters. The summed E-state index contributed by atoms with van der Waals surface area (Å²) in [6, 6.07) is 11.4. The summed E-state index contributed by atoms with van der Waals surface area (Å²) >= 11 is 8.34. The first kappa shape index (κ1) is 20.8. The summed E-state index contributed by atoms with van der Waals surface area (Å²) in [5, 5.41) is 12.0. The van der Waals surface area contributed by atoms with Crippen LogP contribution in [0.15, 0.2) is 36.4 Å². The third-order valence-electron chi connectivity index (χ3n) is 3.97. The van der Waals surface area contributed by atoms with Gasteiger partial charge in [0.05, 0.1) is 0 Å². The molecule has 0 radical (unpaired) electrons. The molecule has 1 aromatic heterocycles. The molecule has 0 saturated carbocycles. The number of ether oxygens (including phenoxy) is 1. The van der Waals surface area contributed by atoms with Crippen LogP contribution in [0.2, 0.25) is 5.15 Å². The van der Waals surface area contributed by atoms with Gasteiger partial charge in [-0.25, -0.2) is 9.78 Å². The summed E-state index contributed by atoms with van der Waals surface area (Å²) in [5.41, 5.74) is 1.68. The molecule has 0 fully saturated rings. The number of nitrogens with one attached hydrogen (secondary N) is 1. The lowest BCUT2D eigenvalue weighted by Gasteiger charge is -2.31. The SMILES string of the molecule is CC(C)(C)C(Cc1cc(OCc2ccccc2)c(Cl)nc1I)NC(=O)O. The van der Waals surface area contributed by atoms with Gasteiger partial charge in [-0.15, -0.1) is 0 Å². The van der Waals surface area contributed by atoms with Gasteiger partial charge in [0, 0.05) is 6.04 Å². The Morgan fingerprint density at radius 2 is 2.00 bits per heavy atom. The zero-order chi connectivity index (χ0) is 19.3. The van der Waals surface area contributed by atoms with Crippen molar-refractivity contribution in [3.8, 4) is 5.75 Å². The van der Waals surface area contributed by atoms with Gasteiger partial charge in [-0.3, -0.25) is 0 Å². The minimum absolute atomic E-state index is 0.244. The molecule has 0 aliphatic rings. The summed E-state index contributed by atoms with van der Waals surface area (Å²) in [4.78, 5) is 15.5. The Hall–Kier alpha value is -1.54. The lowest BCUT2D eigenvalue weighted by Crippen LogP contribution is -2.44. The van der Waals surface area contributed by atoms with E-state index in [4.69, 9.17) is 21.4 Å². The normalized spacial score (nSPS) is 12.5. The summed E-state index contributed by atoms with van der Waals surface area (Å²) in [6.07, 6.45) is -0.539. The van der Waals surface area contributed by atoms with Gasteiger partial charge < -0.3 is 15.2 Å². The van der Waals surface area contributed by atoms with Crippen LogP contribution in [0.4, 0.5) is 4.79 Å². The van der Waals surface area contributed by atoms with Gasteiger partial charge in [0.1, 0.15) is 10.3 Å². The van der Waals surface area contributed by atoms with E-state index < -0.39 is 6.09 Å². The lowest BCUT2D eigenvalue weighted by molar-refractivity contribution is 0.174. The summed E-state index contributed by atoms with van der Waals surface area (Å²) < 4.78 is 6.57. The minimum atomic E-state index is -1.04. The largest absolute Gasteiger partial charge is 0.486 e. The van der Waals surface area contributed by atoms with Crippen LogP contribution < -0.4 is 10.1 Å². The van der Waals surface area contributed by atoms with Crippen molar-refractivity contribution in [2.24, 2.45) is 5.41 Å². The van der Waals surface area contributed by atoms with Gasteiger partial charge in [-0.05, 0) is 51.6 Å². The number of benzene rings is 1. The molecule has 2 aromatic rings. The first-order valence-corrected chi connectivity index (χ1v) is 9.63. The maximum Gasteiger partial charge on any atom is 0.404 e. The van der Waals surface area contributed by atoms with E-state index in [1.54, 1.807) is 0 Å². The molecule has 1 amide bonds. The average Bonchev–Trinajstić information content (AvgIpc) is 2.55. The number of aromatic nitrogens is 1. The van der Waals surface area contributed by atoms with Crippen molar-refractivity contribution in [1.82, 2.24) is 10.3 Å². The van der Waals surface area contributed by atoms with E-state index in [0.29, 0.717) is 23.9 Å². The van der Waals surface area contributed by atoms with Crippen molar-refractivity contribution in [2.45, 2.75) is 39.8 Å². The van der Waals surface area contributed by atoms with Crippen LogP contribution >= 0.6 is 34.2 Å². The van der Waals surface area contributed by atoms with E-state index in [9.17, 15) is 4.79 Å². The minimum Gasteiger partial charge on any atom is -0.486 e. The Bertz CT molecular complexity index is 763. The van der Waals surface area contributed by atoms with Crippen LogP contribution in [-0.2, 0) is 13.0 Å². The maximum absolute atomic E-state index is 11.1. The molecule has 2 N–H and O–H groups in total. The Morgan fingerprint density at radius 3 is 2.58 bits per heavy atom. The van der Waals surface area contributed by atoms with Crippen molar-refractivity contribution < 1.29 is 14.6 Å². The van der Waals surface area contributed by atoms with Crippen molar-refractivity contribution in [3.05, 3.63) is 56.4 Å². The fraction of sp³-hybridized carbons (Fsp3) is 0.368. The van der Waals surface area contributed by atoms with Crippen LogP contribution in [0.5, 0.6) is 5.75 Å². The molecule has 26 heavy (non-hydrogen) atoms. The lowest BCUT2D eigenvalue weighted by atomic mass is 9.83. The van der Waals surface area contributed by atoms with Crippen molar-refractivity contribution in [1.29, 1.82) is 0 Å². The van der Waals surface area contributed by atoms with Crippen LogP contribution in [0.3, 0.4) is 0 Å². The van der Waals surface area contributed by atoms with Crippen LogP contribution in [0, 0.1) is 9.12 Å². The third-order valence-corrected chi connectivity index (χ3v) is 5.18. The highest BCUT2D eigenvalue weighted by Gasteiger charge is 2.27. The predicted molar refractivity (Wildman–Crippen MR) is 111 cm³/mol. The molecule has 0 bridgehead atoms. The number of carbonyl (C=O) groups is 1. The molecule has 0 aliphatic carbocycles. The molecule has 1 aromatic carbocycles. The van der Waals surface area contributed by atoms with E-state index in [1.807, 2.05) is 57.2 Å². The van der Waals surface area contributed by atoms with Crippen molar-refractivity contribution in [3.63, 3.8) is 0 Å². The molecule has 0 aliphatic heterocycles. The highest BCUT2D eigenvalue weighted by atomic mass is 127. The standard InChI is InChI=1S/C19H22ClIN2O3/c1-19(2,3)15(22-18(24)25)10-13-9-14(16(20)23-17(13)21)26-11-12-7-5-4-6-8-12/h4-9,15,22H,10-11H2,1-3H3,(H,24,25). The number of rotatable bonds is 6. The molecular formula is C19H22ClIN2O3. The van der Waals surface area contributed by atoms with E-state index in [2.05, 4.69) is 32.9 Å². The van der Waals surface area contributed by atoms with Gasteiger partial charge >= 0.3 is 6.09 Å². The summed E-state index contributed by atoms with van der Waals surface area (Å²) in [5.74, 6) is 0.494. The van der Waals surface area contributed by atoms with Gasteiger partial charge in [0.25, 0.3) is 0 Å². The third kappa shape index (κ3) is 6.02. The number of nitrogens with zero attached hydrogens (tertiary/aromatic N) is 1. The van der Waals surface area contributed by atoms with E-state index in [1.165, 1.54) is 0 Å². The second kappa shape index (κ2) is 8.90. The fourth-order valence-corrected chi connectivity index (χ4v) is 3.37. The molecule has 7 heteroatoms. The fourth-order valence-electron chi connectivity index (χ4n) is 2.41.